The number of halogens is 2. The molecule has 0 fully saturated rings. The van der Waals surface area contributed by atoms with E-state index in [1.54, 1.807) is 6.20 Å². The van der Waals surface area contributed by atoms with Crippen LogP contribution in [0.2, 0.25) is 5.02 Å². The van der Waals surface area contributed by atoms with Gasteiger partial charge >= 0.3 is 0 Å². The number of rotatable bonds is 5. The molecule has 0 unspecified atom stereocenters. The van der Waals surface area contributed by atoms with Crippen molar-refractivity contribution in [2.75, 3.05) is 18.4 Å². The number of nitrogens with one attached hydrogen (secondary N) is 2. The van der Waals surface area contributed by atoms with E-state index in [1.807, 2.05) is 6.07 Å². The Balaban J connectivity index is 2.37. The number of hydrogen-bond acceptors (Lipinski definition) is 3. The van der Waals surface area contributed by atoms with E-state index in [0.29, 0.717) is 11.1 Å². The topological polar surface area (TPSA) is 37.0 Å². The second-order valence-electron chi connectivity index (χ2n) is 3.52. The van der Waals surface area contributed by atoms with Crippen LogP contribution in [0.25, 0.3) is 0 Å². The Labute approximate surface area is 104 Å². The van der Waals surface area contributed by atoms with Gasteiger partial charge in [-0.25, -0.2) is 4.98 Å². The third kappa shape index (κ3) is 4.82. The Morgan fingerprint density at radius 1 is 1.47 bits per heavy atom. The monoisotopic (exact) mass is 291 g/mol. The van der Waals surface area contributed by atoms with Crippen molar-refractivity contribution >= 4 is 33.3 Å². The Hall–Kier alpha value is -0.320. The fraction of sp³-hybridized carbons (Fsp3) is 0.500. The summed E-state index contributed by atoms with van der Waals surface area (Å²) in [4.78, 5) is 4.18. The van der Waals surface area contributed by atoms with Gasteiger partial charge in [-0.05, 0) is 22.0 Å². The van der Waals surface area contributed by atoms with Crippen molar-refractivity contribution in [3.63, 3.8) is 0 Å². The second-order valence-corrected chi connectivity index (χ2v) is 4.81. The summed E-state index contributed by atoms with van der Waals surface area (Å²) in [5.41, 5.74) is 0. The molecule has 0 aliphatic heterocycles. The molecule has 0 spiro atoms. The first kappa shape index (κ1) is 12.7. The van der Waals surface area contributed by atoms with Crippen LogP contribution in [0.5, 0.6) is 0 Å². The van der Waals surface area contributed by atoms with Gasteiger partial charge in [0, 0.05) is 25.3 Å². The first-order valence-electron chi connectivity index (χ1n) is 4.88. The van der Waals surface area contributed by atoms with Crippen molar-refractivity contribution in [3.8, 4) is 0 Å². The number of pyridine rings is 1. The highest BCUT2D eigenvalue weighted by atomic mass is 79.9. The van der Waals surface area contributed by atoms with Crippen LogP contribution < -0.4 is 10.6 Å². The molecular formula is C10H15BrClN3. The van der Waals surface area contributed by atoms with Gasteiger partial charge in [0.25, 0.3) is 0 Å². The smallest absolute Gasteiger partial charge is 0.140 e. The normalized spacial score (nSPS) is 10.7. The van der Waals surface area contributed by atoms with Crippen LogP contribution in [0.1, 0.15) is 13.8 Å². The SMILES string of the molecule is CC(C)NCCNc1ncc(Cl)cc1Br. The van der Waals surface area contributed by atoms with Crippen LogP contribution in [0.4, 0.5) is 5.82 Å². The second kappa shape index (κ2) is 6.30. The predicted octanol–water partition coefficient (Wildman–Crippen LogP) is 2.91. The van der Waals surface area contributed by atoms with Crippen LogP contribution in [-0.2, 0) is 0 Å². The lowest BCUT2D eigenvalue weighted by Gasteiger charge is -2.10. The van der Waals surface area contributed by atoms with Gasteiger partial charge in [-0.3, -0.25) is 0 Å². The Bertz CT molecular complexity index is 318. The van der Waals surface area contributed by atoms with Crippen molar-refractivity contribution in [3.05, 3.63) is 21.8 Å². The van der Waals surface area contributed by atoms with Gasteiger partial charge < -0.3 is 10.6 Å². The number of nitrogens with zero attached hydrogens (tertiary/aromatic N) is 1. The maximum absolute atomic E-state index is 5.79. The van der Waals surface area contributed by atoms with Crippen LogP contribution in [0, 0.1) is 0 Å². The molecule has 3 nitrogen and oxygen atoms in total. The van der Waals surface area contributed by atoms with E-state index in [0.717, 1.165) is 23.4 Å². The lowest BCUT2D eigenvalue weighted by atomic mass is 10.4. The maximum Gasteiger partial charge on any atom is 0.140 e. The fourth-order valence-corrected chi connectivity index (χ4v) is 1.87. The molecule has 0 atom stereocenters. The summed E-state index contributed by atoms with van der Waals surface area (Å²) in [6.07, 6.45) is 1.63. The molecule has 0 saturated heterocycles. The minimum Gasteiger partial charge on any atom is -0.368 e. The molecule has 0 aliphatic rings. The minimum absolute atomic E-state index is 0.508. The van der Waals surface area contributed by atoms with E-state index >= 15 is 0 Å². The van der Waals surface area contributed by atoms with Crippen molar-refractivity contribution in [1.29, 1.82) is 0 Å². The van der Waals surface area contributed by atoms with E-state index < -0.39 is 0 Å². The van der Waals surface area contributed by atoms with Gasteiger partial charge in [0.2, 0.25) is 0 Å². The van der Waals surface area contributed by atoms with Gasteiger partial charge in [-0.15, -0.1) is 0 Å². The van der Waals surface area contributed by atoms with Crippen molar-refractivity contribution in [1.82, 2.24) is 10.3 Å². The Morgan fingerprint density at radius 3 is 2.80 bits per heavy atom. The lowest BCUT2D eigenvalue weighted by Crippen LogP contribution is -2.28. The third-order valence-corrected chi connectivity index (χ3v) is 2.59. The molecule has 0 bridgehead atoms. The molecule has 2 N–H and O–H groups in total. The molecule has 1 aromatic heterocycles. The molecule has 1 heterocycles. The molecule has 5 heteroatoms. The molecule has 0 radical (unpaired) electrons. The molecule has 1 aromatic rings. The summed E-state index contributed by atoms with van der Waals surface area (Å²) < 4.78 is 0.888. The van der Waals surface area contributed by atoms with Crippen LogP contribution in [0.3, 0.4) is 0 Å². The number of hydrogen-bond donors (Lipinski definition) is 2. The average molecular weight is 293 g/mol. The highest BCUT2D eigenvalue weighted by Crippen LogP contribution is 2.22. The van der Waals surface area contributed by atoms with Gasteiger partial charge in [0.15, 0.2) is 0 Å². The molecule has 15 heavy (non-hydrogen) atoms. The predicted molar refractivity (Wildman–Crippen MR) is 68.6 cm³/mol. The van der Waals surface area contributed by atoms with Crippen molar-refractivity contribution in [2.45, 2.75) is 19.9 Å². The highest BCUT2D eigenvalue weighted by molar-refractivity contribution is 9.10. The first-order valence-corrected chi connectivity index (χ1v) is 6.05. The van der Waals surface area contributed by atoms with Crippen molar-refractivity contribution < 1.29 is 0 Å². The summed E-state index contributed by atoms with van der Waals surface area (Å²) in [6.45, 7) is 5.99. The summed E-state index contributed by atoms with van der Waals surface area (Å²) in [5.74, 6) is 0.824. The van der Waals surface area contributed by atoms with Crippen LogP contribution in [0.15, 0.2) is 16.7 Å². The van der Waals surface area contributed by atoms with Crippen LogP contribution >= 0.6 is 27.5 Å². The summed E-state index contributed by atoms with van der Waals surface area (Å²) in [6, 6.07) is 2.33. The molecule has 84 valence electrons. The summed E-state index contributed by atoms with van der Waals surface area (Å²) >= 11 is 9.19. The van der Waals surface area contributed by atoms with Gasteiger partial charge in [0.1, 0.15) is 5.82 Å². The fourth-order valence-electron chi connectivity index (χ4n) is 1.09. The molecular weight excluding hydrogens is 277 g/mol. The summed E-state index contributed by atoms with van der Waals surface area (Å²) in [7, 11) is 0. The third-order valence-electron chi connectivity index (χ3n) is 1.78. The molecule has 0 amide bonds. The molecule has 0 aromatic carbocycles. The lowest BCUT2D eigenvalue weighted by molar-refractivity contribution is 0.602. The van der Waals surface area contributed by atoms with Crippen molar-refractivity contribution in [2.24, 2.45) is 0 Å². The first-order chi connectivity index (χ1) is 7.09. The van der Waals surface area contributed by atoms with E-state index in [1.165, 1.54) is 0 Å². The van der Waals surface area contributed by atoms with E-state index in [9.17, 15) is 0 Å². The molecule has 0 aliphatic carbocycles. The molecule has 0 saturated carbocycles. The van der Waals surface area contributed by atoms with Gasteiger partial charge in [0.05, 0.1) is 9.50 Å². The molecule has 1 rings (SSSR count). The largest absolute Gasteiger partial charge is 0.368 e. The Kier molecular flexibility index (Phi) is 5.36. The van der Waals surface area contributed by atoms with E-state index in [-0.39, 0.29) is 0 Å². The van der Waals surface area contributed by atoms with E-state index in [4.69, 9.17) is 11.6 Å². The zero-order chi connectivity index (χ0) is 11.3. The van der Waals surface area contributed by atoms with Crippen LogP contribution in [-0.4, -0.2) is 24.1 Å². The minimum atomic E-state index is 0.508. The zero-order valence-corrected chi connectivity index (χ0v) is 11.2. The van der Waals surface area contributed by atoms with E-state index in [2.05, 4.69) is 45.4 Å². The number of aromatic nitrogens is 1. The quantitative estimate of drug-likeness (QED) is 0.819. The highest BCUT2D eigenvalue weighted by Gasteiger charge is 2.01. The summed E-state index contributed by atoms with van der Waals surface area (Å²) in [5, 5.41) is 7.16. The zero-order valence-electron chi connectivity index (χ0n) is 8.85. The van der Waals surface area contributed by atoms with Gasteiger partial charge in [-0.2, -0.15) is 0 Å². The average Bonchev–Trinajstić information content (AvgIpc) is 2.14. The van der Waals surface area contributed by atoms with Gasteiger partial charge in [-0.1, -0.05) is 25.4 Å². The maximum atomic E-state index is 5.79. The standard InChI is InChI=1S/C10H15BrClN3/c1-7(2)13-3-4-14-10-9(11)5-8(12)6-15-10/h5-7,13H,3-4H2,1-2H3,(H,14,15). The number of anilines is 1. The Morgan fingerprint density at radius 2 is 2.20 bits per heavy atom.